The molecule has 2 aromatic carbocycles. The molecule has 0 aromatic heterocycles. The van der Waals surface area contributed by atoms with Gasteiger partial charge < -0.3 is 4.74 Å². The molecule has 0 bridgehead atoms. The first-order valence-corrected chi connectivity index (χ1v) is 8.19. The van der Waals surface area contributed by atoms with Gasteiger partial charge in [-0.1, -0.05) is 12.1 Å². The van der Waals surface area contributed by atoms with Gasteiger partial charge in [-0.15, -0.1) is 0 Å². The highest BCUT2D eigenvalue weighted by molar-refractivity contribution is 7.92. The first-order valence-electron chi connectivity index (χ1n) is 6.71. The van der Waals surface area contributed by atoms with E-state index in [1.54, 1.807) is 6.07 Å². The summed E-state index contributed by atoms with van der Waals surface area (Å²) in [7, 11) is -2.81. The molecule has 0 aliphatic heterocycles. The van der Waals surface area contributed by atoms with Crippen LogP contribution in [0.3, 0.4) is 0 Å². The van der Waals surface area contributed by atoms with Crippen molar-refractivity contribution in [3.05, 3.63) is 58.1 Å². The number of anilines is 1. The Balaban J connectivity index is 2.41. The lowest BCUT2D eigenvalue weighted by molar-refractivity contribution is -0.386. The minimum absolute atomic E-state index is 0.0440. The van der Waals surface area contributed by atoms with E-state index >= 15 is 0 Å². The van der Waals surface area contributed by atoms with Crippen molar-refractivity contribution in [2.75, 3.05) is 11.8 Å². The molecule has 0 radical (unpaired) electrons. The number of nitro benzene ring substituents is 1. The molecule has 0 fully saturated rings. The van der Waals surface area contributed by atoms with E-state index < -0.39 is 20.6 Å². The Hall–Kier alpha value is -2.94. The summed E-state index contributed by atoms with van der Waals surface area (Å²) in [6.07, 6.45) is 0. The molecule has 9 heteroatoms. The van der Waals surface area contributed by atoms with Gasteiger partial charge in [0.2, 0.25) is 0 Å². The van der Waals surface area contributed by atoms with Crippen LogP contribution < -0.4 is 9.46 Å². The fourth-order valence-electron chi connectivity index (χ4n) is 2.00. The van der Waals surface area contributed by atoms with E-state index in [0.29, 0.717) is 5.56 Å². The summed E-state index contributed by atoms with van der Waals surface area (Å²) in [6, 6.07) is 9.26. The number of ether oxygens (including phenoxy) is 1. The monoisotopic (exact) mass is 350 g/mol. The number of Topliss-reactive ketones (excluding diaryl/α,β-unsaturated/α-hetero) is 1. The van der Waals surface area contributed by atoms with Gasteiger partial charge in [0, 0.05) is 17.3 Å². The molecule has 0 heterocycles. The lowest BCUT2D eigenvalue weighted by atomic mass is 10.1. The number of hydrogen-bond acceptors (Lipinski definition) is 6. The van der Waals surface area contributed by atoms with Gasteiger partial charge in [-0.2, -0.15) is 0 Å². The number of sulfonamides is 1. The third-order valence-electron chi connectivity index (χ3n) is 3.18. The Morgan fingerprint density at radius 1 is 1.21 bits per heavy atom. The second-order valence-electron chi connectivity index (χ2n) is 4.83. The zero-order valence-corrected chi connectivity index (χ0v) is 13.7. The number of methoxy groups -OCH3 is 1. The number of nitrogens with one attached hydrogen (secondary N) is 1. The first kappa shape index (κ1) is 17.4. The van der Waals surface area contributed by atoms with Crippen LogP contribution in [0.25, 0.3) is 0 Å². The minimum atomic E-state index is -4.06. The predicted molar refractivity (Wildman–Crippen MR) is 86.9 cm³/mol. The van der Waals surface area contributed by atoms with Crippen molar-refractivity contribution < 1.29 is 22.9 Å². The number of ketones is 1. The van der Waals surface area contributed by atoms with Gasteiger partial charge in [-0.25, -0.2) is 8.42 Å². The van der Waals surface area contributed by atoms with Gasteiger partial charge in [-0.05, 0) is 31.2 Å². The average Bonchev–Trinajstić information content (AvgIpc) is 2.53. The summed E-state index contributed by atoms with van der Waals surface area (Å²) in [4.78, 5) is 21.4. The second-order valence-corrected chi connectivity index (χ2v) is 6.52. The molecule has 0 aliphatic carbocycles. The Labute approximate surface area is 138 Å². The molecule has 0 unspecified atom stereocenters. The molecule has 1 N–H and O–H groups in total. The van der Waals surface area contributed by atoms with Crippen molar-refractivity contribution in [2.24, 2.45) is 0 Å². The van der Waals surface area contributed by atoms with Gasteiger partial charge in [0.1, 0.15) is 0 Å². The molecule has 2 rings (SSSR count). The van der Waals surface area contributed by atoms with Crippen LogP contribution in [0.4, 0.5) is 11.4 Å². The topological polar surface area (TPSA) is 116 Å². The molecule has 0 saturated heterocycles. The van der Waals surface area contributed by atoms with Crippen LogP contribution in [-0.4, -0.2) is 26.2 Å². The summed E-state index contributed by atoms with van der Waals surface area (Å²) < 4.78 is 31.9. The lowest BCUT2D eigenvalue weighted by Crippen LogP contribution is -2.13. The number of nitrogens with zero attached hydrogens (tertiary/aromatic N) is 1. The Bertz CT molecular complexity index is 908. The summed E-state index contributed by atoms with van der Waals surface area (Å²) >= 11 is 0. The molecule has 0 saturated carbocycles. The number of carbonyl (C=O) groups excluding carboxylic acids is 1. The van der Waals surface area contributed by atoms with Crippen LogP contribution in [0.15, 0.2) is 47.4 Å². The van der Waals surface area contributed by atoms with E-state index in [1.165, 1.54) is 44.4 Å². The zero-order chi connectivity index (χ0) is 17.9. The number of hydrogen-bond donors (Lipinski definition) is 1. The summed E-state index contributed by atoms with van der Waals surface area (Å²) in [5.74, 6) is -0.256. The van der Waals surface area contributed by atoms with Crippen molar-refractivity contribution in [1.29, 1.82) is 0 Å². The van der Waals surface area contributed by atoms with Gasteiger partial charge in [0.25, 0.3) is 10.0 Å². The van der Waals surface area contributed by atoms with Crippen LogP contribution in [0.2, 0.25) is 0 Å². The molecular weight excluding hydrogens is 336 g/mol. The molecule has 126 valence electrons. The third kappa shape index (κ3) is 3.69. The molecule has 0 atom stereocenters. The minimum Gasteiger partial charge on any atom is -0.490 e. The normalized spacial score (nSPS) is 10.9. The van der Waals surface area contributed by atoms with E-state index in [9.17, 15) is 23.3 Å². The van der Waals surface area contributed by atoms with Crippen LogP contribution in [0.1, 0.15) is 17.3 Å². The van der Waals surface area contributed by atoms with Crippen LogP contribution in [0.5, 0.6) is 5.75 Å². The highest BCUT2D eigenvalue weighted by Crippen LogP contribution is 2.30. The fraction of sp³-hybridized carbons (Fsp3) is 0.133. The highest BCUT2D eigenvalue weighted by Gasteiger charge is 2.22. The van der Waals surface area contributed by atoms with Crippen molar-refractivity contribution >= 4 is 27.2 Å². The molecule has 8 nitrogen and oxygen atoms in total. The lowest BCUT2D eigenvalue weighted by Gasteiger charge is -2.10. The Kier molecular flexibility index (Phi) is 4.84. The van der Waals surface area contributed by atoms with Gasteiger partial charge in [0.05, 0.1) is 16.9 Å². The van der Waals surface area contributed by atoms with Crippen molar-refractivity contribution in [3.8, 4) is 5.75 Å². The van der Waals surface area contributed by atoms with Gasteiger partial charge in [0.15, 0.2) is 11.5 Å². The number of nitro groups is 1. The van der Waals surface area contributed by atoms with Gasteiger partial charge >= 0.3 is 5.69 Å². The van der Waals surface area contributed by atoms with Gasteiger partial charge in [-0.3, -0.25) is 19.6 Å². The molecule has 2 aromatic rings. The Morgan fingerprint density at radius 3 is 2.50 bits per heavy atom. The van der Waals surface area contributed by atoms with E-state index in [-0.39, 0.29) is 22.1 Å². The van der Waals surface area contributed by atoms with Crippen LogP contribution >= 0.6 is 0 Å². The largest absolute Gasteiger partial charge is 0.490 e. The fourth-order valence-corrected chi connectivity index (χ4v) is 3.06. The maximum atomic E-state index is 12.4. The third-order valence-corrected chi connectivity index (χ3v) is 4.56. The summed E-state index contributed by atoms with van der Waals surface area (Å²) in [5.41, 5.74) is 0.0648. The predicted octanol–water partition coefficient (Wildman–Crippen LogP) is 2.61. The zero-order valence-electron chi connectivity index (χ0n) is 12.8. The van der Waals surface area contributed by atoms with E-state index in [0.717, 1.165) is 6.07 Å². The smallest absolute Gasteiger partial charge is 0.312 e. The maximum absolute atomic E-state index is 12.4. The second kappa shape index (κ2) is 6.67. The van der Waals surface area contributed by atoms with Crippen molar-refractivity contribution in [3.63, 3.8) is 0 Å². The standard InChI is InChI=1S/C15H14N2O6S/c1-10(18)11-4-3-5-12(8-11)16-24(21,22)13-6-7-15(23-2)14(9-13)17(19)20/h3-9,16H,1-2H3. The molecule has 24 heavy (non-hydrogen) atoms. The van der Waals surface area contributed by atoms with E-state index in [2.05, 4.69) is 4.72 Å². The van der Waals surface area contributed by atoms with Crippen LogP contribution in [0, 0.1) is 10.1 Å². The number of rotatable bonds is 6. The SMILES string of the molecule is COc1ccc(S(=O)(=O)Nc2cccc(C(C)=O)c2)cc1[N+](=O)[O-]. The van der Waals surface area contributed by atoms with E-state index in [1.807, 2.05) is 0 Å². The molecule has 0 aliphatic rings. The first-order chi connectivity index (χ1) is 11.2. The molecule has 0 spiro atoms. The van der Waals surface area contributed by atoms with Crippen molar-refractivity contribution in [1.82, 2.24) is 0 Å². The average molecular weight is 350 g/mol. The van der Waals surface area contributed by atoms with Crippen LogP contribution in [-0.2, 0) is 10.0 Å². The van der Waals surface area contributed by atoms with Crippen molar-refractivity contribution in [2.45, 2.75) is 11.8 Å². The number of benzene rings is 2. The maximum Gasteiger partial charge on any atom is 0.312 e. The quantitative estimate of drug-likeness (QED) is 0.486. The van der Waals surface area contributed by atoms with E-state index in [4.69, 9.17) is 4.74 Å². The molecule has 0 amide bonds. The molecular formula is C15H14N2O6S. The summed E-state index contributed by atoms with van der Waals surface area (Å²) in [6.45, 7) is 1.36. The summed E-state index contributed by atoms with van der Waals surface area (Å²) in [5, 5.41) is 11.0. The Morgan fingerprint density at radius 2 is 1.92 bits per heavy atom. The number of carbonyl (C=O) groups is 1. The highest BCUT2D eigenvalue weighted by atomic mass is 32.2.